The molecular weight excluding hydrogens is 242 g/mol. The lowest BCUT2D eigenvalue weighted by molar-refractivity contribution is 0.0735. The molecule has 0 bridgehead atoms. The van der Waals surface area contributed by atoms with Crippen LogP contribution in [-0.4, -0.2) is 49.0 Å². The van der Waals surface area contributed by atoms with E-state index in [1.165, 1.54) is 0 Å². The van der Waals surface area contributed by atoms with Crippen molar-refractivity contribution < 1.29 is 9.53 Å². The minimum atomic E-state index is -0.270. The molecular formula is C14H25N3O2. The average molecular weight is 267 g/mol. The Morgan fingerprint density at radius 3 is 3.00 bits per heavy atom. The summed E-state index contributed by atoms with van der Waals surface area (Å²) in [6.45, 7) is 11.2. The number of amides is 1. The molecule has 1 fully saturated rings. The first-order chi connectivity index (χ1) is 8.98. The molecule has 1 heterocycles. The first-order valence-corrected chi connectivity index (χ1v) is 6.75. The van der Waals surface area contributed by atoms with Crippen molar-refractivity contribution in [2.75, 3.05) is 19.7 Å². The quantitative estimate of drug-likeness (QED) is 0.777. The van der Waals surface area contributed by atoms with Crippen LogP contribution < -0.4 is 5.32 Å². The van der Waals surface area contributed by atoms with Gasteiger partial charge in [-0.05, 0) is 46.5 Å². The van der Waals surface area contributed by atoms with Crippen molar-refractivity contribution >= 4 is 12.8 Å². The van der Waals surface area contributed by atoms with Crippen LogP contribution in [-0.2, 0) is 4.74 Å². The summed E-state index contributed by atoms with van der Waals surface area (Å²) in [6, 6.07) is 0.149. The van der Waals surface area contributed by atoms with E-state index in [2.05, 4.69) is 17.0 Å². The third-order valence-electron chi connectivity index (χ3n) is 3.11. The van der Waals surface area contributed by atoms with Crippen LogP contribution in [0, 0.1) is 0 Å². The van der Waals surface area contributed by atoms with Crippen molar-refractivity contribution in [1.29, 1.82) is 0 Å². The second-order valence-corrected chi connectivity index (χ2v) is 5.51. The van der Waals surface area contributed by atoms with E-state index >= 15 is 0 Å². The third kappa shape index (κ3) is 5.32. The van der Waals surface area contributed by atoms with Crippen LogP contribution in [0.15, 0.2) is 17.3 Å². The average Bonchev–Trinajstić information content (AvgIpc) is 2.43. The van der Waals surface area contributed by atoms with Crippen LogP contribution in [0.2, 0.25) is 0 Å². The largest absolute Gasteiger partial charge is 0.447 e. The molecule has 5 nitrogen and oxygen atoms in total. The van der Waals surface area contributed by atoms with Gasteiger partial charge in [0.2, 0.25) is 0 Å². The smallest absolute Gasteiger partial charge is 0.409 e. The van der Waals surface area contributed by atoms with Crippen molar-refractivity contribution in [1.82, 2.24) is 10.2 Å². The predicted octanol–water partition coefficient (Wildman–Crippen LogP) is 2.19. The molecule has 0 unspecified atom stereocenters. The van der Waals surface area contributed by atoms with E-state index in [1.54, 1.807) is 4.90 Å². The van der Waals surface area contributed by atoms with Gasteiger partial charge in [0.1, 0.15) is 6.61 Å². The topological polar surface area (TPSA) is 53.9 Å². The number of hydrogen-bond acceptors (Lipinski definition) is 4. The van der Waals surface area contributed by atoms with Gasteiger partial charge < -0.3 is 15.0 Å². The lowest BCUT2D eigenvalue weighted by atomic mass is 10.1. The molecule has 0 aromatic rings. The van der Waals surface area contributed by atoms with Crippen molar-refractivity contribution in [3.63, 3.8) is 0 Å². The van der Waals surface area contributed by atoms with Crippen LogP contribution in [0.4, 0.5) is 4.79 Å². The zero-order chi connectivity index (χ0) is 14.3. The molecule has 1 aliphatic heterocycles. The number of piperidine rings is 1. The lowest BCUT2D eigenvalue weighted by Gasteiger charge is -2.31. The summed E-state index contributed by atoms with van der Waals surface area (Å²) in [5.74, 6) is 0. The monoisotopic (exact) mass is 267 g/mol. The summed E-state index contributed by atoms with van der Waals surface area (Å²) < 4.78 is 5.36. The van der Waals surface area contributed by atoms with Crippen molar-refractivity contribution in [2.24, 2.45) is 4.99 Å². The number of aliphatic imine (C=N–C) groups is 1. The molecule has 5 heteroatoms. The molecule has 1 amide bonds. The van der Waals surface area contributed by atoms with Gasteiger partial charge in [0.05, 0.1) is 11.6 Å². The number of carbonyl (C=O) groups excluding carboxylic acids is 1. The maximum Gasteiger partial charge on any atom is 0.409 e. The Labute approximate surface area is 115 Å². The number of allylic oxidation sites excluding steroid dienone is 1. The number of ether oxygens (including phenoxy) is 1. The molecule has 0 aromatic carbocycles. The molecule has 0 spiro atoms. The summed E-state index contributed by atoms with van der Waals surface area (Å²) >= 11 is 0. The van der Waals surface area contributed by atoms with Crippen molar-refractivity contribution in [2.45, 2.75) is 45.2 Å². The SMILES string of the molecule is C=N[C@H]1CCCN(C(=O)OCC(C)(C)N/C=C\C)C1. The van der Waals surface area contributed by atoms with Crippen LogP contribution in [0.5, 0.6) is 0 Å². The molecule has 0 aliphatic carbocycles. The molecule has 1 aliphatic rings. The van der Waals surface area contributed by atoms with E-state index in [9.17, 15) is 4.79 Å². The molecule has 19 heavy (non-hydrogen) atoms. The minimum Gasteiger partial charge on any atom is -0.447 e. The molecule has 108 valence electrons. The molecule has 1 N–H and O–H groups in total. The van der Waals surface area contributed by atoms with E-state index in [1.807, 2.05) is 33.0 Å². The van der Waals surface area contributed by atoms with Gasteiger partial charge in [-0.15, -0.1) is 0 Å². The lowest BCUT2D eigenvalue weighted by Crippen LogP contribution is -2.46. The number of carbonyl (C=O) groups is 1. The highest BCUT2D eigenvalue weighted by atomic mass is 16.6. The van der Waals surface area contributed by atoms with Crippen LogP contribution in [0.1, 0.15) is 33.6 Å². The fourth-order valence-corrected chi connectivity index (χ4v) is 1.95. The Kier molecular flexibility index (Phi) is 5.86. The van der Waals surface area contributed by atoms with Gasteiger partial charge in [-0.3, -0.25) is 4.99 Å². The number of rotatable bonds is 5. The van der Waals surface area contributed by atoms with E-state index in [4.69, 9.17) is 4.74 Å². The van der Waals surface area contributed by atoms with Gasteiger partial charge in [0.15, 0.2) is 0 Å². The Bertz CT molecular complexity index is 340. The first-order valence-electron chi connectivity index (χ1n) is 6.75. The van der Waals surface area contributed by atoms with Gasteiger partial charge in [0.25, 0.3) is 0 Å². The van der Waals surface area contributed by atoms with E-state index in [-0.39, 0.29) is 17.7 Å². The summed E-state index contributed by atoms with van der Waals surface area (Å²) in [5, 5.41) is 3.18. The van der Waals surface area contributed by atoms with Gasteiger partial charge in [-0.25, -0.2) is 4.79 Å². The van der Waals surface area contributed by atoms with Crippen LogP contribution in [0.3, 0.4) is 0 Å². The van der Waals surface area contributed by atoms with E-state index < -0.39 is 0 Å². The maximum absolute atomic E-state index is 12.0. The third-order valence-corrected chi connectivity index (χ3v) is 3.11. The molecule has 1 saturated heterocycles. The Balaban J connectivity index is 2.40. The maximum atomic E-state index is 12.0. The number of nitrogens with zero attached hydrogens (tertiary/aromatic N) is 2. The Hall–Kier alpha value is -1.52. The Morgan fingerprint density at radius 2 is 2.37 bits per heavy atom. The highest BCUT2D eigenvalue weighted by Crippen LogP contribution is 2.14. The second-order valence-electron chi connectivity index (χ2n) is 5.51. The standard InChI is InChI=1S/C14H25N3O2/c1-5-8-16-14(2,3)11-19-13(18)17-9-6-7-12(10-17)15-4/h5,8,12,16H,4,6-7,9-11H2,1-3H3/b8-5-/t12-/m0/s1. The number of hydrogen-bond donors (Lipinski definition) is 1. The van der Waals surface area contributed by atoms with E-state index in [0.29, 0.717) is 13.2 Å². The number of nitrogens with one attached hydrogen (secondary N) is 1. The van der Waals surface area contributed by atoms with E-state index in [0.717, 1.165) is 19.4 Å². The summed E-state index contributed by atoms with van der Waals surface area (Å²) in [7, 11) is 0. The highest BCUT2D eigenvalue weighted by molar-refractivity contribution is 5.67. The molecule has 0 radical (unpaired) electrons. The molecule has 0 saturated carbocycles. The summed E-state index contributed by atoms with van der Waals surface area (Å²) in [4.78, 5) is 17.7. The minimum absolute atomic E-state index is 0.149. The van der Waals surface area contributed by atoms with Gasteiger partial charge in [-0.1, -0.05) is 6.08 Å². The molecule has 1 atom stereocenters. The predicted molar refractivity (Wildman–Crippen MR) is 77.5 cm³/mol. The highest BCUT2D eigenvalue weighted by Gasteiger charge is 2.25. The summed E-state index contributed by atoms with van der Waals surface area (Å²) in [5.41, 5.74) is -0.270. The molecule has 0 aromatic heterocycles. The normalized spacial score (nSPS) is 20.4. The van der Waals surface area contributed by atoms with Crippen molar-refractivity contribution in [3.8, 4) is 0 Å². The van der Waals surface area contributed by atoms with Crippen molar-refractivity contribution in [3.05, 3.63) is 12.3 Å². The van der Waals surface area contributed by atoms with Gasteiger partial charge in [-0.2, -0.15) is 0 Å². The number of likely N-dealkylation sites (tertiary alicyclic amines) is 1. The van der Waals surface area contributed by atoms with Crippen LogP contribution >= 0.6 is 0 Å². The van der Waals surface area contributed by atoms with Gasteiger partial charge >= 0.3 is 6.09 Å². The zero-order valence-corrected chi connectivity index (χ0v) is 12.2. The van der Waals surface area contributed by atoms with Gasteiger partial charge in [0, 0.05) is 13.1 Å². The fourth-order valence-electron chi connectivity index (χ4n) is 1.95. The Morgan fingerprint density at radius 1 is 1.63 bits per heavy atom. The summed E-state index contributed by atoms with van der Waals surface area (Å²) in [6.07, 6.45) is 5.46. The molecule has 1 rings (SSSR count). The zero-order valence-electron chi connectivity index (χ0n) is 12.2. The van der Waals surface area contributed by atoms with Crippen LogP contribution in [0.25, 0.3) is 0 Å². The fraction of sp³-hybridized carbons (Fsp3) is 0.714. The second kappa shape index (κ2) is 7.16. The first kappa shape index (κ1) is 15.5.